The number of hydrogen-bond acceptors (Lipinski definition) is 4. The Bertz CT molecular complexity index is 603. The van der Waals surface area contributed by atoms with Gasteiger partial charge in [0.25, 0.3) is 0 Å². The lowest BCUT2D eigenvalue weighted by molar-refractivity contribution is -0.142. The fourth-order valence-corrected chi connectivity index (χ4v) is 4.20. The summed E-state index contributed by atoms with van der Waals surface area (Å²) >= 11 is 0. The number of esters is 1. The zero-order valence-electron chi connectivity index (χ0n) is 13.4. The zero-order valence-corrected chi connectivity index (χ0v) is 13.4. The average Bonchev–Trinajstić information content (AvgIpc) is 3.12. The smallest absolute Gasteiger partial charge is 0.307 e. The van der Waals surface area contributed by atoms with Gasteiger partial charge in [0, 0.05) is 13.3 Å². The highest BCUT2D eigenvalue weighted by Crippen LogP contribution is 2.53. The van der Waals surface area contributed by atoms with Gasteiger partial charge in [-0.15, -0.1) is 0 Å². The van der Waals surface area contributed by atoms with E-state index in [4.69, 9.17) is 4.74 Å². The van der Waals surface area contributed by atoms with Crippen molar-refractivity contribution in [1.82, 2.24) is 4.90 Å². The largest absolute Gasteiger partial charge is 0.432 e. The molecule has 0 aromatic rings. The second kappa shape index (κ2) is 5.80. The molecule has 23 heavy (non-hydrogen) atoms. The van der Waals surface area contributed by atoms with Crippen LogP contribution in [-0.2, 0) is 19.1 Å². The molecule has 122 valence electrons. The van der Waals surface area contributed by atoms with Gasteiger partial charge in [-0.3, -0.25) is 19.3 Å². The van der Waals surface area contributed by atoms with Gasteiger partial charge in [-0.2, -0.15) is 0 Å². The van der Waals surface area contributed by atoms with E-state index in [0.717, 1.165) is 6.42 Å². The number of rotatable bonds is 5. The fourth-order valence-electron chi connectivity index (χ4n) is 4.20. The summed E-state index contributed by atoms with van der Waals surface area (Å²) in [7, 11) is 0. The van der Waals surface area contributed by atoms with Gasteiger partial charge in [0.2, 0.25) is 11.8 Å². The number of carbonyl (C=O) groups excluding carboxylic acids is 3. The molecule has 2 bridgehead atoms. The summed E-state index contributed by atoms with van der Waals surface area (Å²) in [6.45, 7) is 6.85. The summed E-state index contributed by atoms with van der Waals surface area (Å²) in [5, 5.41) is 0. The summed E-state index contributed by atoms with van der Waals surface area (Å²) in [4.78, 5) is 38.0. The van der Waals surface area contributed by atoms with E-state index in [1.165, 1.54) is 11.8 Å². The predicted octanol–water partition coefficient (Wildman–Crippen LogP) is 2.21. The molecule has 2 fully saturated rings. The Morgan fingerprint density at radius 3 is 2.39 bits per heavy atom. The summed E-state index contributed by atoms with van der Waals surface area (Å²) in [6, 6.07) is -0.447. The number of amides is 2. The van der Waals surface area contributed by atoms with Crippen molar-refractivity contribution in [3.63, 3.8) is 0 Å². The first-order chi connectivity index (χ1) is 10.9. The van der Waals surface area contributed by atoms with Crippen LogP contribution >= 0.6 is 0 Å². The minimum absolute atomic E-state index is 0.101. The monoisotopic (exact) mass is 315 g/mol. The number of likely N-dealkylation sites (tertiary alicyclic amines) is 1. The fraction of sp³-hybridized carbons (Fsp3) is 0.500. The molecule has 5 atom stereocenters. The lowest BCUT2D eigenvalue weighted by Gasteiger charge is -2.25. The molecule has 0 radical (unpaired) electrons. The Balaban J connectivity index is 1.81. The zero-order chi connectivity index (χ0) is 16.7. The van der Waals surface area contributed by atoms with Crippen LogP contribution in [0.5, 0.6) is 0 Å². The number of allylic oxidation sites excluding steroid dienone is 3. The van der Waals surface area contributed by atoms with Crippen molar-refractivity contribution < 1.29 is 19.1 Å². The molecule has 3 aliphatic rings. The van der Waals surface area contributed by atoms with Gasteiger partial charge >= 0.3 is 5.97 Å². The van der Waals surface area contributed by atoms with E-state index in [1.807, 2.05) is 6.92 Å². The molecular weight excluding hydrogens is 294 g/mol. The Labute approximate surface area is 135 Å². The highest BCUT2D eigenvalue weighted by Gasteiger charge is 2.60. The van der Waals surface area contributed by atoms with Crippen molar-refractivity contribution in [3.8, 4) is 0 Å². The molecule has 5 unspecified atom stereocenters. The van der Waals surface area contributed by atoms with Crippen molar-refractivity contribution in [2.24, 2.45) is 23.7 Å². The number of fused-ring (bicyclic) bond motifs is 5. The van der Waals surface area contributed by atoms with E-state index in [-0.39, 0.29) is 47.7 Å². The molecule has 1 saturated heterocycles. The third-order valence-electron chi connectivity index (χ3n) is 4.98. The van der Waals surface area contributed by atoms with Crippen LogP contribution in [0.1, 0.15) is 26.7 Å². The van der Waals surface area contributed by atoms with Crippen molar-refractivity contribution in [2.45, 2.75) is 32.7 Å². The molecule has 0 aromatic carbocycles. The number of carbonyl (C=O) groups is 3. The molecule has 5 nitrogen and oxygen atoms in total. The molecule has 2 aliphatic carbocycles. The highest BCUT2D eigenvalue weighted by atomic mass is 16.5. The van der Waals surface area contributed by atoms with Crippen LogP contribution in [-0.4, -0.2) is 28.7 Å². The van der Waals surface area contributed by atoms with E-state index >= 15 is 0 Å². The first-order valence-electron chi connectivity index (χ1n) is 7.98. The molecule has 5 heteroatoms. The molecule has 2 amide bonds. The third-order valence-corrected chi connectivity index (χ3v) is 4.98. The Kier molecular flexibility index (Phi) is 3.96. The lowest BCUT2D eigenvalue weighted by atomic mass is 9.85. The Hall–Kier alpha value is -2.17. The van der Waals surface area contributed by atoms with Crippen LogP contribution in [0.2, 0.25) is 0 Å². The van der Waals surface area contributed by atoms with Crippen LogP contribution in [0.4, 0.5) is 0 Å². The van der Waals surface area contributed by atoms with E-state index in [1.54, 1.807) is 12.2 Å². The van der Waals surface area contributed by atoms with E-state index in [2.05, 4.69) is 18.7 Å². The van der Waals surface area contributed by atoms with Gasteiger partial charge in [0.1, 0.15) is 5.76 Å². The van der Waals surface area contributed by atoms with Crippen LogP contribution in [0.15, 0.2) is 36.6 Å². The van der Waals surface area contributed by atoms with Crippen LogP contribution in [0.25, 0.3) is 0 Å². The van der Waals surface area contributed by atoms with Gasteiger partial charge in [-0.25, -0.2) is 0 Å². The van der Waals surface area contributed by atoms with E-state index in [9.17, 15) is 14.4 Å². The van der Waals surface area contributed by atoms with Crippen molar-refractivity contribution >= 4 is 17.8 Å². The Morgan fingerprint density at radius 1 is 1.35 bits per heavy atom. The minimum Gasteiger partial charge on any atom is -0.432 e. The van der Waals surface area contributed by atoms with E-state index in [0.29, 0.717) is 0 Å². The summed E-state index contributed by atoms with van der Waals surface area (Å²) in [5.74, 6) is -0.443. The Morgan fingerprint density at radius 2 is 1.91 bits per heavy atom. The third kappa shape index (κ3) is 2.54. The molecule has 1 saturated carbocycles. The van der Waals surface area contributed by atoms with Crippen LogP contribution in [0, 0.1) is 23.7 Å². The molecule has 1 heterocycles. The maximum Gasteiger partial charge on any atom is 0.307 e. The molecular formula is C18H21NO4. The van der Waals surface area contributed by atoms with Gasteiger partial charge in [0.05, 0.1) is 17.9 Å². The second-order valence-corrected chi connectivity index (χ2v) is 6.48. The molecule has 0 aromatic heterocycles. The number of ether oxygens (including phenoxy) is 1. The highest BCUT2D eigenvalue weighted by molar-refractivity contribution is 6.06. The average molecular weight is 315 g/mol. The number of hydrogen-bond donors (Lipinski definition) is 0. The quantitative estimate of drug-likeness (QED) is 0.338. The van der Waals surface area contributed by atoms with Gasteiger partial charge in [-0.05, 0) is 25.2 Å². The number of nitrogens with zero attached hydrogens (tertiary/aromatic N) is 1. The number of imide groups is 1. The molecule has 1 aliphatic heterocycles. The summed E-state index contributed by atoms with van der Waals surface area (Å²) in [5.41, 5.74) is 0. The van der Waals surface area contributed by atoms with Crippen molar-refractivity contribution in [2.75, 3.05) is 0 Å². The van der Waals surface area contributed by atoms with Crippen molar-refractivity contribution in [3.05, 3.63) is 36.6 Å². The second-order valence-electron chi connectivity index (χ2n) is 6.48. The van der Waals surface area contributed by atoms with Gasteiger partial charge in [0.15, 0.2) is 0 Å². The van der Waals surface area contributed by atoms with Crippen LogP contribution < -0.4 is 0 Å². The standard InChI is InChI=1S/C18H21NO4/c1-4-5-14(8-10(2)23-11(3)20)19-17(21)15-12-6-7-13(9-12)16(15)18(19)22/h4-7,12-16H,2,8-9H2,1,3H3/b5-4-. The van der Waals surface area contributed by atoms with Crippen LogP contribution in [0.3, 0.4) is 0 Å². The first kappa shape index (κ1) is 15.7. The topological polar surface area (TPSA) is 63.7 Å². The molecule has 3 rings (SSSR count). The maximum absolute atomic E-state index is 12.8. The summed E-state index contributed by atoms with van der Waals surface area (Å²) in [6.07, 6.45) is 8.89. The maximum atomic E-state index is 12.8. The SMILES string of the molecule is C=C(CC(/C=C\C)N1C(=O)C2C3C=CC(C3)C2C1=O)OC(C)=O. The molecule has 0 N–H and O–H groups in total. The normalized spacial score (nSPS) is 32.7. The first-order valence-corrected chi connectivity index (χ1v) is 7.98. The van der Waals surface area contributed by atoms with Gasteiger partial charge < -0.3 is 4.74 Å². The lowest BCUT2D eigenvalue weighted by Crippen LogP contribution is -2.41. The minimum atomic E-state index is -0.451. The molecule has 0 spiro atoms. The van der Waals surface area contributed by atoms with E-state index < -0.39 is 12.0 Å². The predicted molar refractivity (Wildman–Crippen MR) is 83.7 cm³/mol. The van der Waals surface area contributed by atoms with Gasteiger partial charge in [-0.1, -0.05) is 30.9 Å². The van der Waals surface area contributed by atoms with Crippen molar-refractivity contribution in [1.29, 1.82) is 0 Å². The summed E-state index contributed by atoms with van der Waals surface area (Å²) < 4.78 is 4.98.